The van der Waals surface area contributed by atoms with E-state index in [-0.39, 0.29) is 0 Å². The van der Waals surface area contributed by atoms with Crippen molar-refractivity contribution in [1.82, 2.24) is 0 Å². The van der Waals surface area contributed by atoms with Crippen LogP contribution in [0.2, 0.25) is 0 Å². The smallest absolute Gasteiger partial charge is 0.120 e. The van der Waals surface area contributed by atoms with Gasteiger partial charge in [-0.05, 0) is 46.5 Å². The molecule has 0 spiro atoms. The largest absolute Gasteiger partial charge is 0.303 e. The second kappa shape index (κ2) is 8.74. The van der Waals surface area contributed by atoms with Crippen molar-refractivity contribution < 1.29 is 4.79 Å². The summed E-state index contributed by atoms with van der Waals surface area (Å²) in [5, 5.41) is 0. The van der Waals surface area contributed by atoms with Gasteiger partial charge in [0, 0.05) is 6.42 Å². The number of rotatable bonds is 7. The first-order valence-electron chi connectivity index (χ1n) is 5.41. The summed E-state index contributed by atoms with van der Waals surface area (Å²) in [5.74, 6) is 0. The van der Waals surface area contributed by atoms with E-state index in [2.05, 4.69) is 32.9 Å². The van der Waals surface area contributed by atoms with E-state index in [1.165, 1.54) is 11.1 Å². The van der Waals surface area contributed by atoms with Gasteiger partial charge in [-0.15, -0.1) is 0 Å². The zero-order valence-corrected chi connectivity index (χ0v) is 9.68. The minimum absolute atomic E-state index is 0.694. The molecule has 0 N–H and O–H groups in total. The Bertz CT molecular complexity index is 207. The molecule has 0 aromatic heterocycles. The lowest BCUT2D eigenvalue weighted by Crippen LogP contribution is -1.85. The van der Waals surface area contributed by atoms with Gasteiger partial charge in [0.2, 0.25) is 0 Å². The van der Waals surface area contributed by atoms with Crippen molar-refractivity contribution in [3.05, 3.63) is 23.3 Å². The number of allylic oxidation sites excluding steroid dienone is 4. The van der Waals surface area contributed by atoms with Crippen LogP contribution in [0, 0.1) is 0 Å². The van der Waals surface area contributed by atoms with E-state index in [9.17, 15) is 4.79 Å². The lowest BCUT2D eigenvalue weighted by atomic mass is 10.0. The summed E-state index contributed by atoms with van der Waals surface area (Å²) < 4.78 is 0. The molecule has 0 heterocycles. The third-order valence-electron chi connectivity index (χ3n) is 2.25. The molecule has 0 aliphatic carbocycles. The Balaban J connectivity index is 3.70. The molecule has 0 saturated heterocycles. The summed E-state index contributed by atoms with van der Waals surface area (Å²) in [4.78, 5) is 10.1. The topological polar surface area (TPSA) is 17.1 Å². The molecule has 14 heavy (non-hydrogen) atoms. The molecule has 80 valence electrons. The van der Waals surface area contributed by atoms with Crippen molar-refractivity contribution in [2.75, 3.05) is 0 Å². The van der Waals surface area contributed by atoms with E-state index in [1.54, 1.807) is 0 Å². The summed E-state index contributed by atoms with van der Waals surface area (Å²) in [6.07, 6.45) is 10.5. The molecular formula is C13H22O. The maximum Gasteiger partial charge on any atom is 0.120 e. The molecule has 0 rings (SSSR count). The Labute approximate surface area is 87.9 Å². The quantitative estimate of drug-likeness (QED) is 0.339. The third-order valence-corrected chi connectivity index (χ3v) is 2.25. The highest BCUT2D eigenvalue weighted by Crippen LogP contribution is 2.14. The minimum Gasteiger partial charge on any atom is -0.303 e. The fraction of sp³-hybridized carbons (Fsp3) is 0.615. The standard InChI is InChI=1S/C13H22O/c1-4-13(9-5-6-11-14)10-7-8-12(2)3/h4,8,11H,5-7,9-10H2,1-3H3. The van der Waals surface area contributed by atoms with Crippen molar-refractivity contribution in [3.8, 4) is 0 Å². The van der Waals surface area contributed by atoms with Gasteiger partial charge in [-0.25, -0.2) is 0 Å². The maximum absolute atomic E-state index is 10.1. The highest BCUT2D eigenvalue weighted by Gasteiger charge is 1.95. The predicted octanol–water partition coefficient (Wildman–Crippen LogP) is 4.05. The van der Waals surface area contributed by atoms with E-state index in [1.807, 2.05) is 0 Å². The van der Waals surface area contributed by atoms with Gasteiger partial charge in [0.15, 0.2) is 0 Å². The average molecular weight is 194 g/mol. The number of unbranched alkanes of at least 4 members (excludes halogenated alkanes) is 1. The van der Waals surface area contributed by atoms with Crippen LogP contribution in [0.3, 0.4) is 0 Å². The van der Waals surface area contributed by atoms with Crippen LogP contribution in [0.25, 0.3) is 0 Å². The third kappa shape index (κ3) is 7.78. The maximum atomic E-state index is 10.1. The monoisotopic (exact) mass is 194 g/mol. The summed E-state index contributed by atoms with van der Waals surface area (Å²) >= 11 is 0. The lowest BCUT2D eigenvalue weighted by Gasteiger charge is -2.03. The number of carbonyl (C=O) groups excluding carboxylic acids is 1. The van der Waals surface area contributed by atoms with Crippen molar-refractivity contribution in [1.29, 1.82) is 0 Å². The SMILES string of the molecule is CC=C(CCC=C(C)C)CCCC=O. The van der Waals surface area contributed by atoms with Gasteiger partial charge >= 0.3 is 0 Å². The van der Waals surface area contributed by atoms with Crippen molar-refractivity contribution >= 4 is 6.29 Å². The summed E-state index contributed by atoms with van der Waals surface area (Å²) in [5.41, 5.74) is 2.86. The summed E-state index contributed by atoms with van der Waals surface area (Å²) in [6.45, 7) is 6.34. The molecule has 1 heteroatoms. The zero-order valence-electron chi connectivity index (χ0n) is 9.68. The highest BCUT2D eigenvalue weighted by atomic mass is 16.1. The second-order valence-electron chi connectivity index (χ2n) is 3.83. The molecule has 0 bridgehead atoms. The molecule has 0 aromatic carbocycles. The van der Waals surface area contributed by atoms with Crippen LogP contribution < -0.4 is 0 Å². The van der Waals surface area contributed by atoms with Crippen molar-refractivity contribution in [3.63, 3.8) is 0 Å². The van der Waals surface area contributed by atoms with Gasteiger partial charge in [0.05, 0.1) is 0 Å². The molecular weight excluding hydrogens is 172 g/mol. The fourth-order valence-electron chi connectivity index (χ4n) is 1.37. The molecule has 0 atom stereocenters. The van der Waals surface area contributed by atoms with E-state index < -0.39 is 0 Å². The number of carbonyl (C=O) groups is 1. The van der Waals surface area contributed by atoms with Crippen LogP contribution in [0.15, 0.2) is 23.3 Å². The minimum atomic E-state index is 0.694. The number of hydrogen-bond acceptors (Lipinski definition) is 1. The second-order valence-corrected chi connectivity index (χ2v) is 3.83. The van der Waals surface area contributed by atoms with Crippen molar-refractivity contribution in [2.45, 2.75) is 52.9 Å². The van der Waals surface area contributed by atoms with E-state index in [0.717, 1.165) is 32.0 Å². The molecule has 0 aliphatic rings. The van der Waals surface area contributed by atoms with Crippen LogP contribution in [0.4, 0.5) is 0 Å². The average Bonchev–Trinajstić information content (AvgIpc) is 2.15. The van der Waals surface area contributed by atoms with E-state index in [4.69, 9.17) is 0 Å². The first kappa shape index (κ1) is 13.2. The first-order chi connectivity index (χ1) is 6.70. The predicted molar refractivity (Wildman–Crippen MR) is 62.3 cm³/mol. The van der Waals surface area contributed by atoms with Gasteiger partial charge < -0.3 is 4.79 Å². The molecule has 1 nitrogen and oxygen atoms in total. The van der Waals surface area contributed by atoms with Crippen LogP contribution >= 0.6 is 0 Å². The normalized spacial score (nSPS) is 11.2. The molecule has 0 unspecified atom stereocenters. The molecule has 0 fully saturated rings. The Morgan fingerprint density at radius 1 is 1.14 bits per heavy atom. The zero-order chi connectivity index (χ0) is 10.8. The lowest BCUT2D eigenvalue weighted by molar-refractivity contribution is -0.107. The van der Waals surface area contributed by atoms with Crippen LogP contribution in [0.5, 0.6) is 0 Å². The molecule has 0 radical (unpaired) electrons. The molecule has 0 amide bonds. The molecule has 0 aliphatic heterocycles. The Morgan fingerprint density at radius 2 is 1.86 bits per heavy atom. The van der Waals surface area contributed by atoms with Crippen molar-refractivity contribution in [2.24, 2.45) is 0 Å². The highest BCUT2D eigenvalue weighted by molar-refractivity contribution is 5.49. The van der Waals surface area contributed by atoms with Gasteiger partial charge in [0.1, 0.15) is 6.29 Å². The van der Waals surface area contributed by atoms with Crippen LogP contribution in [-0.2, 0) is 4.79 Å². The van der Waals surface area contributed by atoms with Crippen LogP contribution in [0.1, 0.15) is 52.9 Å². The number of aldehydes is 1. The summed E-state index contributed by atoms with van der Waals surface area (Å²) in [7, 11) is 0. The number of hydrogen-bond donors (Lipinski definition) is 0. The van der Waals surface area contributed by atoms with Gasteiger partial charge in [-0.1, -0.05) is 23.3 Å². The van der Waals surface area contributed by atoms with Gasteiger partial charge in [-0.2, -0.15) is 0 Å². The molecule has 0 aromatic rings. The van der Waals surface area contributed by atoms with E-state index >= 15 is 0 Å². The van der Waals surface area contributed by atoms with Gasteiger partial charge in [0.25, 0.3) is 0 Å². The fourth-order valence-corrected chi connectivity index (χ4v) is 1.37. The van der Waals surface area contributed by atoms with Gasteiger partial charge in [-0.3, -0.25) is 0 Å². The van der Waals surface area contributed by atoms with E-state index in [0.29, 0.717) is 6.42 Å². The van der Waals surface area contributed by atoms with Crippen LogP contribution in [-0.4, -0.2) is 6.29 Å². The Hall–Kier alpha value is -0.850. The summed E-state index contributed by atoms with van der Waals surface area (Å²) in [6, 6.07) is 0. The Morgan fingerprint density at radius 3 is 2.36 bits per heavy atom. The Kier molecular flexibility index (Phi) is 8.20. The molecule has 0 saturated carbocycles. The first-order valence-corrected chi connectivity index (χ1v) is 5.41.